The van der Waals surface area contributed by atoms with E-state index in [2.05, 4.69) is 17.4 Å². The number of nitrogens with two attached hydrogens (primary N) is 1. The first-order chi connectivity index (χ1) is 14.5. The Morgan fingerprint density at radius 1 is 1.13 bits per heavy atom. The van der Waals surface area contributed by atoms with Gasteiger partial charge in [0.25, 0.3) is 0 Å². The van der Waals surface area contributed by atoms with Gasteiger partial charge in [-0.2, -0.15) is 0 Å². The van der Waals surface area contributed by atoms with Gasteiger partial charge in [-0.15, -0.1) is 0 Å². The van der Waals surface area contributed by atoms with E-state index in [0.29, 0.717) is 5.69 Å². The Bertz CT molecular complexity index is 1080. The van der Waals surface area contributed by atoms with Gasteiger partial charge in [-0.05, 0) is 60.6 Å². The van der Waals surface area contributed by atoms with Crippen molar-refractivity contribution >= 4 is 11.6 Å². The van der Waals surface area contributed by atoms with Crippen LogP contribution in [0.5, 0.6) is 0 Å². The smallest absolute Gasteiger partial charge is 0.241 e. The van der Waals surface area contributed by atoms with Crippen molar-refractivity contribution in [2.75, 3.05) is 5.32 Å². The van der Waals surface area contributed by atoms with E-state index in [0.717, 1.165) is 46.4 Å². The van der Waals surface area contributed by atoms with E-state index in [9.17, 15) is 10.0 Å². The third-order valence-corrected chi connectivity index (χ3v) is 6.16. The maximum Gasteiger partial charge on any atom is 0.241 e. The van der Waals surface area contributed by atoms with Gasteiger partial charge in [-0.3, -0.25) is 10.0 Å². The van der Waals surface area contributed by atoms with Crippen LogP contribution in [0.1, 0.15) is 41.1 Å². The van der Waals surface area contributed by atoms with Crippen molar-refractivity contribution in [1.82, 2.24) is 0 Å². The first-order valence-corrected chi connectivity index (χ1v) is 10.4. The lowest BCUT2D eigenvalue weighted by Crippen LogP contribution is -2.41. The summed E-state index contributed by atoms with van der Waals surface area (Å²) in [6.45, 7) is 3.89. The molecule has 0 aliphatic heterocycles. The second-order valence-corrected chi connectivity index (χ2v) is 8.09. The third kappa shape index (κ3) is 3.81. The number of anilines is 1. The van der Waals surface area contributed by atoms with Gasteiger partial charge in [0.1, 0.15) is 0 Å². The summed E-state index contributed by atoms with van der Waals surface area (Å²) in [5.74, 6) is -0.117. The predicted octanol–water partition coefficient (Wildman–Crippen LogP) is 3.88. The minimum atomic E-state index is -0.585. The summed E-state index contributed by atoms with van der Waals surface area (Å²) in [7, 11) is 0. The Morgan fingerprint density at radius 3 is 2.63 bits per heavy atom. The molecule has 154 valence electrons. The first-order valence-electron chi connectivity index (χ1n) is 10.4. The zero-order valence-electron chi connectivity index (χ0n) is 17.4. The number of aromatic nitrogens is 1. The van der Waals surface area contributed by atoms with Crippen LogP contribution >= 0.6 is 0 Å². The standard InChI is InChI=1S/C25H27N3O2/c1-16-14-15-28(30)17(2)23(16)19-10-12-20(13-11-19)27-25(29)24(26)22-9-5-7-18-6-3-4-8-21(18)22/h3-4,6,8,10-15,22,24H,5,7,9,26H2,1-2H3,(H-,27,29,30)/p+1/t22-,24-/m0/s1. The number of rotatable bonds is 4. The normalized spacial score (nSPS) is 16.6. The number of aryl methyl sites for hydroxylation is 2. The van der Waals surface area contributed by atoms with Crippen LogP contribution in [-0.4, -0.2) is 17.2 Å². The number of fused-ring (bicyclic) bond motifs is 1. The molecule has 0 fully saturated rings. The lowest BCUT2D eigenvalue weighted by molar-refractivity contribution is -0.908. The van der Waals surface area contributed by atoms with Crippen molar-refractivity contribution in [2.24, 2.45) is 5.73 Å². The van der Waals surface area contributed by atoms with Crippen LogP contribution < -0.4 is 15.8 Å². The molecule has 1 aliphatic rings. The summed E-state index contributed by atoms with van der Waals surface area (Å²) in [5, 5.41) is 12.9. The highest BCUT2D eigenvalue weighted by molar-refractivity contribution is 5.95. The molecule has 1 amide bonds. The number of nitrogens with zero attached hydrogens (tertiary/aromatic N) is 1. The number of carbonyl (C=O) groups excluding carboxylic acids is 1. The van der Waals surface area contributed by atoms with E-state index in [-0.39, 0.29) is 11.8 Å². The van der Waals surface area contributed by atoms with Gasteiger partial charge in [0.2, 0.25) is 17.8 Å². The molecule has 1 heterocycles. The minimum absolute atomic E-state index is 0.0452. The summed E-state index contributed by atoms with van der Waals surface area (Å²) in [4.78, 5) is 12.9. The molecule has 0 bridgehead atoms. The maximum absolute atomic E-state index is 12.9. The molecule has 1 aromatic heterocycles. The highest BCUT2D eigenvalue weighted by atomic mass is 16.5. The Morgan fingerprint density at radius 2 is 1.87 bits per heavy atom. The van der Waals surface area contributed by atoms with Crippen LogP contribution in [0.4, 0.5) is 5.69 Å². The van der Waals surface area contributed by atoms with E-state index >= 15 is 0 Å². The average Bonchev–Trinajstić information content (AvgIpc) is 2.77. The molecule has 2 atom stereocenters. The lowest BCUT2D eigenvalue weighted by Gasteiger charge is -2.29. The van der Waals surface area contributed by atoms with Crippen molar-refractivity contribution in [2.45, 2.75) is 45.1 Å². The van der Waals surface area contributed by atoms with Crippen LogP contribution in [0.3, 0.4) is 0 Å². The van der Waals surface area contributed by atoms with Gasteiger partial charge >= 0.3 is 0 Å². The van der Waals surface area contributed by atoms with Crippen molar-refractivity contribution < 1.29 is 14.7 Å². The SMILES string of the molecule is Cc1cc[n+](O)c(C)c1-c1ccc(NC(=O)[C@@H](N)[C@H]2CCCc3ccccc32)cc1. The molecular weight excluding hydrogens is 374 g/mol. The van der Waals surface area contributed by atoms with E-state index < -0.39 is 6.04 Å². The molecule has 0 saturated heterocycles. The fraction of sp³-hybridized carbons (Fsp3) is 0.280. The number of carbonyl (C=O) groups is 1. The quantitative estimate of drug-likeness (QED) is 0.458. The van der Waals surface area contributed by atoms with Crippen LogP contribution in [0, 0.1) is 13.8 Å². The molecule has 0 spiro atoms. The van der Waals surface area contributed by atoms with Crippen LogP contribution in [-0.2, 0) is 11.2 Å². The summed E-state index contributed by atoms with van der Waals surface area (Å²) in [6.07, 6.45) is 4.67. The number of nitrogens with one attached hydrogen (secondary N) is 1. The fourth-order valence-corrected chi connectivity index (χ4v) is 4.51. The molecular formula is C25H28N3O2+. The largest absolute Gasteiger partial charge is 0.325 e. The summed E-state index contributed by atoms with van der Waals surface area (Å²) in [6, 6.07) is 17.2. The van der Waals surface area contributed by atoms with Crippen molar-refractivity contribution in [1.29, 1.82) is 0 Å². The molecule has 5 nitrogen and oxygen atoms in total. The van der Waals surface area contributed by atoms with Crippen LogP contribution in [0.25, 0.3) is 11.1 Å². The van der Waals surface area contributed by atoms with Crippen LogP contribution in [0.2, 0.25) is 0 Å². The third-order valence-electron chi connectivity index (χ3n) is 6.16. The predicted molar refractivity (Wildman–Crippen MR) is 117 cm³/mol. The van der Waals surface area contributed by atoms with Crippen LogP contribution in [0.15, 0.2) is 60.8 Å². The summed E-state index contributed by atoms with van der Waals surface area (Å²) in [5.41, 5.74) is 13.4. The first kappa shape index (κ1) is 20.1. The Kier molecular flexibility index (Phi) is 5.55. The zero-order chi connectivity index (χ0) is 21.3. The summed E-state index contributed by atoms with van der Waals surface area (Å²) >= 11 is 0. The topological polar surface area (TPSA) is 79.2 Å². The van der Waals surface area contributed by atoms with E-state index in [1.807, 2.05) is 56.3 Å². The molecule has 0 saturated carbocycles. The molecule has 1 aliphatic carbocycles. The fourth-order valence-electron chi connectivity index (χ4n) is 4.51. The van der Waals surface area contributed by atoms with Gasteiger partial charge < -0.3 is 11.1 Å². The monoisotopic (exact) mass is 402 g/mol. The molecule has 2 aromatic carbocycles. The minimum Gasteiger partial charge on any atom is -0.325 e. The molecule has 4 N–H and O–H groups in total. The van der Waals surface area contributed by atoms with Gasteiger partial charge in [0.05, 0.1) is 11.6 Å². The van der Waals surface area contributed by atoms with E-state index in [4.69, 9.17) is 5.73 Å². The molecule has 0 radical (unpaired) electrons. The Labute approximate surface area is 177 Å². The average molecular weight is 403 g/mol. The number of hydrogen-bond donors (Lipinski definition) is 3. The van der Waals surface area contributed by atoms with Crippen molar-refractivity contribution in [3.8, 4) is 11.1 Å². The number of pyridine rings is 1. The summed E-state index contributed by atoms with van der Waals surface area (Å²) < 4.78 is 1.12. The van der Waals surface area contributed by atoms with Gasteiger partial charge in [0, 0.05) is 29.3 Å². The Hall–Kier alpha value is -3.18. The van der Waals surface area contributed by atoms with Gasteiger partial charge in [-0.25, -0.2) is 0 Å². The number of benzene rings is 2. The number of amides is 1. The van der Waals surface area contributed by atoms with E-state index in [1.54, 1.807) is 6.20 Å². The second kappa shape index (κ2) is 8.28. The maximum atomic E-state index is 12.9. The molecule has 5 heteroatoms. The lowest BCUT2D eigenvalue weighted by atomic mass is 9.79. The molecule has 4 rings (SSSR count). The number of hydrogen-bond acceptors (Lipinski definition) is 3. The van der Waals surface area contributed by atoms with Gasteiger partial charge in [-0.1, -0.05) is 36.4 Å². The van der Waals surface area contributed by atoms with Crippen molar-refractivity contribution in [3.05, 3.63) is 83.2 Å². The molecule has 0 unspecified atom stereocenters. The molecule has 3 aromatic rings. The highest BCUT2D eigenvalue weighted by Crippen LogP contribution is 2.34. The van der Waals surface area contributed by atoms with Gasteiger partial charge in [0.15, 0.2) is 0 Å². The Balaban J connectivity index is 1.51. The zero-order valence-corrected chi connectivity index (χ0v) is 17.4. The highest BCUT2D eigenvalue weighted by Gasteiger charge is 2.30. The molecule has 30 heavy (non-hydrogen) atoms. The van der Waals surface area contributed by atoms with E-state index in [1.165, 1.54) is 11.1 Å². The second-order valence-electron chi connectivity index (χ2n) is 8.09. The van der Waals surface area contributed by atoms with Crippen molar-refractivity contribution in [3.63, 3.8) is 0 Å².